The second kappa shape index (κ2) is 9.02. The van der Waals surface area contributed by atoms with E-state index in [1.165, 1.54) is 26.4 Å². The lowest BCUT2D eigenvalue weighted by molar-refractivity contribution is -0.146. The molecule has 8 nitrogen and oxygen atoms in total. The molecule has 31 heavy (non-hydrogen) atoms. The largest absolute Gasteiger partial charge is 0.485 e. The molecule has 2 amide bonds. The van der Waals surface area contributed by atoms with Gasteiger partial charge in [-0.3, -0.25) is 14.7 Å². The fourth-order valence-corrected chi connectivity index (χ4v) is 4.49. The summed E-state index contributed by atoms with van der Waals surface area (Å²) >= 11 is 0. The Kier molecular flexibility index (Phi) is 6.36. The minimum Gasteiger partial charge on any atom is -0.485 e. The molecule has 1 saturated carbocycles. The molecule has 3 heterocycles. The Morgan fingerprint density at radius 3 is 2.42 bits per heavy atom. The Morgan fingerprint density at radius 1 is 1.03 bits per heavy atom. The van der Waals surface area contributed by atoms with Crippen LogP contribution in [-0.2, 0) is 14.9 Å². The summed E-state index contributed by atoms with van der Waals surface area (Å²) in [6.07, 6.45) is 6.64. The van der Waals surface area contributed by atoms with Crippen molar-refractivity contribution in [2.75, 3.05) is 46.4 Å². The molecule has 8 heteroatoms. The van der Waals surface area contributed by atoms with Gasteiger partial charge in [-0.25, -0.2) is 4.79 Å². The summed E-state index contributed by atoms with van der Waals surface area (Å²) in [7, 11) is 1.38. The second-order valence-corrected chi connectivity index (χ2v) is 9.38. The van der Waals surface area contributed by atoms with E-state index in [0.29, 0.717) is 24.5 Å². The van der Waals surface area contributed by atoms with Gasteiger partial charge in [-0.05, 0) is 45.2 Å². The predicted molar refractivity (Wildman–Crippen MR) is 116 cm³/mol. The molecule has 1 aliphatic carbocycles. The number of carbonyl (C=O) groups is 2. The van der Waals surface area contributed by atoms with Crippen LogP contribution in [0.2, 0.25) is 0 Å². The summed E-state index contributed by atoms with van der Waals surface area (Å²) in [5, 5.41) is 0. The number of nitrogens with zero attached hydrogens (tertiary/aromatic N) is 4. The van der Waals surface area contributed by atoms with Crippen LogP contribution in [0, 0.1) is 0 Å². The molecule has 0 unspecified atom stereocenters. The fraction of sp³-hybridized carbons (Fsp3) is 0.696. The van der Waals surface area contributed by atoms with Gasteiger partial charge in [-0.2, -0.15) is 0 Å². The predicted octanol–water partition coefficient (Wildman–Crippen LogP) is 2.28. The first-order valence-electron chi connectivity index (χ1n) is 11.4. The topological polar surface area (TPSA) is 75.2 Å². The molecule has 0 radical (unpaired) electrons. The first-order valence-corrected chi connectivity index (χ1v) is 11.4. The van der Waals surface area contributed by atoms with E-state index < -0.39 is 5.41 Å². The Morgan fingerprint density at radius 2 is 1.81 bits per heavy atom. The van der Waals surface area contributed by atoms with Crippen LogP contribution >= 0.6 is 0 Å². The van der Waals surface area contributed by atoms with Crippen LogP contribution < -0.4 is 4.74 Å². The number of hydrogen-bond acceptors (Lipinski definition) is 6. The zero-order chi connectivity index (χ0) is 22.0. The van der Waals surface area contributed by atoms with Crippen LogP contribution in [-0.4, -0.2) is 90.2 Å². The molecule has 0 N–H and O–H groups in total. The average Bonchev–Trinajstić information content (AvgIpc) is 2.94. The molecule has 4 rings (SSSR count). The number of aromatic nitrogens is 1. The summed E-state index contributed by atoms with van der Waals surface area (Å²) in [5.41, 5.74) is -0.178. The SMILES string of the molecule is COC(=O)C(C)(C)c1ccc(OC2CN(C(=O)N3CCCN(C4CCC4)CC3)C2)cn1. The van der Waals surface area contributed by atoms with Crippen molar-refractivity contribution in [3.63, 3.8) is 0 Å². The summed E-state index contributed by atoms with van der Waals surface area (Å²) < 4.78 is 10.8. The minimum absolute atomic E-state index is 0.0244. The fourth-order valence-electron chi connectivity index (χ4n) is 4.49. The Hall–Kier alpha value is -2.35. The number of pyridine rings is 1. The zero-order valence-corrected chi connectivity index (χ0v) is 18.9. The van der Waals surface area contributed by atoms with Crippen molar-refractivity contribution in [2.24, 2.45) is 0 Å². The number of hydrogen-bond donors (Lipinski definition) is 0. The third kappa shape index (κ3) is 4.63. The minimum atomic E-state index is -0.811. The van der Waals surface area contributed by atoms with Crippen LogP contribution in [0.5, 0.6) is 5.75 Å². The second-order valence-electron chi connectivity index (χ2n) is 9.38. The number of amides is 2. The number of esters is 1. The summed E-state index contributed by atoms with van der Waals surface area (Å²) in [5.74, 6) is 0.318. The summed E-state index contributed by atoms with van der Waals surface area (Å²) in [4.78, 5) is 35.6. The molecule has 1 aromatic rings. The number of carbonyl (C=O) groups excluding carboxylic acids is 2. The Bertz CT molecular complexity index is 787. The van der Waals surface area contributed by atoms with E-state index in [4.69, 9.17) is 9.47 Å². The maximum atomic E-state index is 12.9. The van der Waals surface area contributed by atoms with Crippen molar-refractivity contribution in [1.29, 1.82) is 0 Å². The van der Waals surface area contributed by atoms with E-state index in [1.807, 2.05) is 15.9 Å². The molecule has 0 atom stereocenters. The normalized spacial score (nSPS) is 21.1. The van der Waals surface area contributed by atoms with Gasteiger partial charge in [0.2, 0.25) is 0 Å². The smallest absolute Gasteiger partial charge is 0.320 e. The lowest BCUT2D eigenvalue weighted by Crippen LogP contribution is -2.60. The van der Waals surface area contributed by atoms with Gasteiger partial charge >= 0.3 is 12.0 Å². The Labute approximate surface area is 184 Å². The molecular formula is C23H34N4O4. The molecule has 170 valence electrons. The van der Waals surface area contributed by atoms with Crippen LogP contribution in [0.15, 0.2) is 18.3 Å². The third-order valence-corrected chi connectivity index (χ3v) is 6.89. The van der Waals surface area contributed by atoms with Gasteiger partial charge < -0.3 is 19.3 Å². The van der Waals surface area contributed by atoms with E-state index in [1.54, 1.807) is 26.1 Å². The molecule has 0 aromatic carbocycles. The van der Waals surface area contributed by atoms with E-state index in [2.05, 4.69) is 9.88 Å². The average molecular weight is 431 g/mol. The number of rotatable bonds is 5. The quantitative estimate of drug-likeness (QED) is 0.667. The lowest BCUT2D eigenvalue weighted by Gasteiger charge is -2.41. The van der Waals surface area contributed by atoms with Crippen LogP contribution in [0.25, 0.3) is 0 Å². The van der Waals surface area contributed by atoms with E-state index >= 15 is 0 Å². The number of likely N-dealkylation sites (tertiary alicyclic amines) is 1. The number of urea groups is 1. The highest BCUT2D eigenvalue weighted by molar-refractivity contribution is 5.81. The third-order valence-electron chi connectivity index (χ3n) is 6.89. The van der Waals surface area contributed by atoms with E-state index in [9.17, 15) is 9.59 Å². The van der Waals surface area contributed by atoms with Gasteiger partial charge in [-0.15, -0.1) is 0 Å². The molecule has 1 aromatic heterocycles. The summed E-state index contributed by atoms with van der Waals surface area (Å²) in [6, 6.07) is 4.49. The maximum absolute atomic E-state index is 12.9. The Balaban J connectivity index is 1.24. The first-order chi connectivity index (χ1) is 14.9. The van der Waals surface area contributed by atoms with Gasteiger partial charge in [0, 0.05) is 32.2 Å². The highest BCUT2D eigenvalue weighted by atomic mass is 16.5. The van der Waals surface area contributed by atoms with Crippen molar-refractivity contribution in [1.82, 2.24) is 19.7 Å². The molecule has 0 spiro atoms. The van der Waals surface area contributed by atoms with Gasteiger partial charge in [0.1, 0.15) is 17.3 Å². The monoisotopic (exact) mass is 430 g/mol. The molecule has 2 saturated heterocycles. The molecule has 0 bridgehead atoms. The van der Waals surface area contributed by atoms with Gasteiger partial charge in [0.05, 0.1) is 32.1 Å². The van der Waals surface area contributed by atoms with Crippen molar-refractivity contribution < 1.29 is 19.1 Å². The lowest BCUT2D eigenvalue weighted by atomic mass is 9.89. The maximum Gasteiger partial charge on any atom is 0.320 e. The molecule has 2 aliphatic heterocycles. The van der Waals surface area contributed by atoms with Crippen LogP contribution in [0.3, 0.4) is 0 Å². The zero-order valence-electron chi connectivity index (χ0n) is 18.9. The van der Waals surface area contributed by atoms with E-state index in [0.717, 1.165) is 38.6 Å². The first kappa shape index (κ1) is 21.9. The standard InChI is InChI=1S/C23H34N4O4/c1-23(2,21(28)30-3)20-9-8-18(14-24-20)31-19-15-27(16-19)22(29)26-11-5-10-25(12-13-26)17-6-4-7-17/h8-9,14,17,19H,4-7,10-13,15-16H2,1-3H3. The number of methoxy groups -OCH3 is 1. The van der Waals surface area contributed by atoms with Gasteiger partial charge in [0.15, 0.2) is 0 Å². The van der Waals surface area contributed by atoms with Crippen molar-refractivity contribution >= 4 is 12.0 Å². The van der Waals surface area contributed by atoms with Crippen LogP contribution in [0.4, 0.5) is 4.79 Å². The highest BCUT2D eigenvalue weighted by Crippen LogP contribution is 2.27. The van der Waals surface area contributed by atoms with Gasteiger partial charge in [-0.1, -0.05) is 6.42 Å². The van der Waals surface area contributed by atoms with Gasteiger partial charge in [0.25, 0.3) is 0 Å². The van der Waals surface area contributed by atoms with Crippen molar-refractivity contribution in [3.05, 3.63) is 24.0 Å². The number of ether oxygens (including phenoxy) is 2. The van der Waals surface area contributed by atoms with Crippen molar-refractivity contribution in [2.45, 2.75) is 57.1 Å². The molecular weight excluding hydrogens is 396 g/mol. The van der Waals surface area contributed by atoms with E-state index in [-0.39, 0.29) is 18.1 Å². The van der Waals surface area contributed by atoms with Crippen molar-refractivity contribution in [3.8, 4) is 5.75 Å². The highest BCUT2D eigenvalue weighted by Gasteiger charge is 2.36. The van der Waals surface area contributed by atoms with Crippen LogP contribution in [0.1, 0.15) is 45.2 Å². The molecule has 3 fully saturated rings. The summed E-state index contributed by atoms with van der Waals surface area (Å²) in [6.45, 7) is 8.51. The molecule has 3 aliphatic rings.